The van der Waals surface area contributed by atoms with Gasteiger partial charge in [0, 0.05) is 13.1 Å². The molecule has 156 valence electrons. The van der Waals surface area contributed by atoms with Crippen molar-refractivity contribution in [3.63, 3.8) is 0 Å². The number of nitrogens with one attached hydrogen (secondary N) is 2. The van der Waals surface area contributed by atoms with E-state index in [1.54, 1.807) is 31.2 Å². The molecule has 0 spiro atoms. The molecule has 1 fully saturated rings. The molecule has 1 aromatic carbocycles. The Morgan fingerprint density at radius 1 is 1.21 bits per heavy atom. The van der Waals surface area contributed by atoms with Gasteiger partial charge in [-0.2, -0.15) is 0 Å². The van der Waals surface area contributed by atoms with Crippen LogP contribution in [0.25, 0.3) is 0 Å². The highest BCUT2D eigenvalue weighted by atomic mass is 35.5. The molecule has 0 bridgehead atoms. The Morgan fingerprint density at radius 3 is 2.52 bits per heavy atom. The molecule has 1 aromatic heterocycles. The lowest BCUT2D eigenvalue weighted by atomic mass is 10.3. The average Bonchev–Trinajstić information content (AvgIpc) is 3.37. The fraction of sp³-hybridized carbons (Fsp3) is 0.421. The smallest absolute Gasteiger partial charge is 0.283 e. The zero-order valence-corrected chi connectivity index (χ0v) is 17.8. The summed E-state index contributed by atoms with van der Waals surface area (Å²) < 4.78 is 10.9. The highest BCUT2D eigenvalue weighted by molar-refractivity contribution is 7.18. The molecule has 3 rings (SSSR count). The number of carbonyl (C=O) groups excluding carboxylic acids is 2. The topological polar surface area (TPSA) is 92.8 Å². The molecule has 2 N–H and O–H groups in total. The number of amides is 2. The van der Waals surface area contributed by atoms with Gasteiger partial charge in [0.15, 0.2) is 16.4 Å². The number of benzene rings is 1. The Balaban J connectivity index is 1.51. The van der Waals surface area contributed by atoms with Crippen molar-refractivity contribution in [2.45, 2.75) is 32.8 Å². The van der Waals surface area contributed by atoms with Crippen LogP contribution >= 0.6 is 22.9 Å². The normalized spacial score (nSPS) is 14.4. The van der Waals surface area contributed by atoms with Crippen LogP contribution in [0.3, 0.4) is 0 Å². The van der Waals surface area contributed by atoms with Gasteiger partial charge in [-0.15, -0.1) is 0 Å². The number of hydrogen-bond acceptors (Lipinski definition) is 7. The lowest BCUT2D eigenvalue weighted by Crippen LogP contribution is -2.47. The molecule has 0 aliphatic carbocycles. The summed E-state index contributed by atoms with van der Waals surface area (Å²) in [5, 5.41) is 0.846. The van der Waals surface area contributed by atoms with Gasteiger partial charge >= 0.3 is 0 Å². The predicted molar refractivity (Wildman–Crippen MR) is 112 cm³/mol. The molecule has 1 atom stereocenters. The first kappa shape index (κ1) is 21.2. The van der Waals surface area contributed by atoms with Gasteiger partial charge < -0.3 is 14.4 Å². The van der Waals surface area contributed by atoms with Crippen LogP contribution < -0.4 is 25.2 Å². The monoisotopic (exact) mass is 438 g/mol. The number of hydrogen-bond donors (Lipinski definition) is 2. The Bertz CT molecular complexity index is 852. The van der Waals surface area contributed by atoms with Crippen LogP contribution in [0.1, 0.15) is 36.4 Å². The summed E-state index contributed by atoms with van der Waals surface area (Å²) in [4.78, 5) is 31.2. The molecule has 2 aromatic rings. The third kappa shape index (κ3) is 5.51. The minimum absolute atomic E-state index is 0.127. The van der Waals surface area contributed by atoms with E-state index in [9.17, 15) is 9.59 Å². The van der Waals surface area contributed by atoms with Crippen molar-refractivity contribution >= 4 is 39.9 Å². The largest absolute Gasteiger partial charge is 0.494 e. The van der Waals surface area contributed by atoms with Crippen LogP contribution in [-0.2, 0) is 4.79 Å². The van der Waals surface area contributed by atoms with E-state index in [1.807, 2.05) is 6.92 Å². The van der Waals surface area contributed by atoms with Crippen molar-refractivity contribution in [1.82, 2.24) is 15.8 Å². The molecule has 1 unspecified atom stereocenters. The lowest BCUT2D eigenvalue weighted by molar-refractivity contribution is -0.128. The molecule has 29 heavy (non-hydrogen) atoms. The molecular weight excluding hydrogens is 416 g/mol. The number of aromatic nitrogens is 1. The van der Waals surface area contributed by atoms with E-state index < -0.39 is 17.9 Å². The van der Waals surface area contributed by atoms with Crippen LogP contribution in [0.4, 0.5) is 5.13 Å². The Kier molecular flexibility index (Phi) is 7.16. The molecule has 0 saturated carbocycles. The van der Waals surface area contributed by atoms with E-state index in [4.69, 9.17) is 21.1 Å². The average molecular weight is 439 g/mol. The highest BCUT2D eigenvalue weighted by Gasteiger charge is 2.23. The van der Waals surface area contributed by atoms with Crippen LogP contribution in [-0.4, -0.2) is 42.6 Å². The maximum Gasteiger partial charge on any atom is 0.283 e. The molecule has 2 amide bonds. The van der Waals surface area contributed by atoms with Crippen LogP contribution in [0.5, 0.6) is 11.5 Å². The van der Waals surface area contributed by atoms with Crippen molar-refractivity contribution in [2.24, 2.45) is 0 Å². The van der Waals surface area contributed by atoms with E-state index in [0.717, 1.165) is 36.8 Å². The summed E-state index contributed by atoms with van der Waals surface area (Å²) in [6, 6.07) is 6.94. The fourth-order valence-corrected chi connectivity index (χ4v) is 4.03. The van der Waals surface area contributed by atoms with E-state index in [-0.39, 0.29) is 10.0 Å². The molecule has 1 aliphatic heterocycles. The van der Waals surface area contributed by atoms with E-state index >= 15 is 0 Å². The first-order chi connectivity index (χ1) is 14.0. The second-order valence-electron chi connectivity index (χ2n) is 6.42. The van der Waals surface area contributed by atoms with Gasteiger partial charge in [-0.05, 0) is 51.0 Å². The minimum Gasteiger partial charge on any atom is -0.494 e. The fourth-order valence-electron chi connectivity index (χ4n) is 2.79. The maximum absolute atomic E-state index is 12.4. The Labute approximate surface area is 178 Å². The second-order valence-corrected chi connectivity index (χ2v) is 7.75. The summed E-state index contributed by atoms with van der Waals surface area (Å²) in [6.07, 6.45) is 1.38. The lowest BCUT2D eigenvalue weighted by Gasteiger charge is -2.15. The summed E-state index contributed by atoms with van der Waals surface area (Å²) >= 11 is 7.31. The van der Waals surface area contributed by atoms with Crippen molar-refractivity contribution in [3.05, 3.63) is 34.3 Å². The Morgan fingerprint density at radius 2 is 1.86 bits per heavy atom. The van der Waals surface area contributed by atoms with Crippen molar-refractivity contribution in [1.29, 1.82) is 0 Å². The second kappa shape index (κ2) is 9.80. The molecule has 1 saturated heterocycles. The van der Waals surface area contributed by atoms with E-state index in [1.165, 1.54) is 11.3 Å². The maximum atomic E-state index is 12.4. The van der Waals surface area contributed by atoms with E-state index in [0.29, 0.717) is 12.4 Å². The zero-order chi connectivity index (χ0) is 20.8. The predicted octanol–water partition coefficient (Wildman–Crippen LogP) is 3.02. The van der Waals surface area contributed by atoms with Gasteiger partial charge in [0.05, 0.1) is 6.61 Å². The molecule has 2 heterocycles. The van der Waals surface area contributed by atoms with Gasteiger partial charge in [-0.1, -0.05) is 22.9 Å². The summed E-state index contributed by atoms with van der Waals surface area (Å²) in [7, 11) is 0. The molecule has 1 aliphatic rings. The van der Waals surface area contributed by atoms with E-state index in [2.05, 4.69) is 20.7 Å². The van der Waals surface area contributed by atoms with Crippen LogP contribution in [0.2, 0.25) is 5.15 Å². The number of anilines is 1. The minimum atomic E-state index is -0.815. The van der Waals surface area contributed by atoms with Gasteiger partial charge in [-0.3, -0.25) is 20.4 Å². The number of carbonyl (C=O) groups is 2. The van der Waals surface area contributed by atoms with Crippen molar-refractivity contribution in [3.8, 4) is 11.5 Å². The third-order valence-corrected chi connectivity index (χ3v) is 5.77. The number of rotatable bonds is 7. The van der Waals surface area contributed by atoms with Crippen LogP contribution in [0, 0.1) is 0 Å². The number of hydrazine groups is 1. The van der Waals surface area contributed by atoms with Crippen LogP contribution in [0.15, 0.2) is 24.3 Å². The highest BCUT2D eigenvalue weighted by Crippen LogP contribution is 2.31. The molecule has 10 heteroatoms. The number of ether oxygens (including phenoxy) is 2. The van der Waals surface area contributed by atoms with Crippen molar-refractivity contribution in [2.75, 3.05) is 24.6 Å². The van der Waals surface area contributed by atoms with Gasteiger partial charge in [0.1, 0.15) is 16.4 Å². The first-order valence-electron chi connectivity index (χ1n) is 9.39. The summed E-state index contributed by atoms with van der Waals surface area (Å²) in [6.45, 7) is 5.87. The number of nitrogens with zero attached hydrogens (tertiary/aromatic N) is 2. The first-order valence-corrected chi connectivity index (χ1v) is 10.6. The molecule has 0 radical (unpaired) electrons. The Hall–Kier alpha value is -2.52. The third-order valence-electron chi connectivity index (χ3n) is 4.27. The quantitative estimate of drug-likeness (QED) is 0.645. The number of thiazole rings is 1. The zero-order valence-electron chi connectivity index (χ0n) is 16.2. The number of halogens is 1. The van der Waals surface area contributed by atoms with Gasteiger partial charge in [-0.25, -0.2) is 4.98 Å². The molecular formula is C19H23ClN4O4S. The SMILES string of the molecule is CCOc1ccc(OC(C)C(=O)NNC(=O)c2sc(N3CCCC3)nc2Cl)cc1. The van der Waals surface area contributed by atoms with Gasteiger partial charge in [0.2, 0.25) is 0 Å². The summed E-state index contributed by atoms with van der Waals surface area (Å²) in [5.41, 5.74) is 4.72. The molecule has 8 nitrogen and oxygen atoms in total. The van der Waals surface area contributed by atoms with Gasteiger partial charge in [0.25, 0.3) is 11.8 Å². The summed E-state index contributed by atoms with van der Waals surface area (Å²) in [5.74, 6) is 0.231. The standard InChI is InChI=1S/C19H23ClN4O4S/c1-3-27-13-6-8-14(9-7-13)28-12(2)17(25)22-23-18(26)15-16(20)21-19(29-15)24-10-4-5-11-24/h6-9,12H,3-5,10-11H2,1-2H3,(H,22,25)(H,23,26). The van der Waals surface area contributed by atoms with Crippen molar-refractivity contribution < 1.29 is 19.1 Å².